The summed E-state index contributed by atoms with van der Waals surface area (Å²) in [6.07, 6.45) is 2.15. The number of fused-ring (bicyclic) bond motifs is 2. The van der Waals surface area contributed by atoms with Crippen molar-refractivity contribution in [1.82, 2.24) is 10.2 Å². The van der Waals surface area contributed by atoms with Crippen molar-refractivity contribution in [3.05, 3.63) is 17.7 Å². The van der Waals surface area contributed by atoms with Crippen LogP contribution in [-0.4, -0.2) is 57.3 Å². The summed E-state index contributed by atoms with van der Waals surface area (Å²) in [7, 11) is 1.59. The lowest BCUT2D eigenvalue weighted by molar-refractivity contribution is 0.0756. The Bertz CT molecular complexity index is 602. The summed E-state index contributed by atoms with van der Waals surface area (Å²) in [5.74, 6) is 3.22. The van der Waals surface area contributed by atoms with Crippen LogP contribution < -0.4 is 19.5 Å². The minimum absolute atomic E-state index is 0.0539. The second kappa shape index (κ2) is 6.51. The predicted octanol–water partition coefficient (Wildman–Crippen LogP) is 1.54. The van der Waals surface area contributed by atoms with E-state index in [1.165, 1.54) is 0 Å². The molecule has 0 radical (unpaired) electrons. The molecule has 130 valence electrons. The Labute approximate surface area is 142 Å². The maximum Gasteiger partial charge on any atom is 0.254 e. The predicted molar refractivity (Wildman–Crippen MR) is 89.0 cm³/mol. The van der Waals surface area contributed by atoms with E-state index in [1.807, 2.05) is 4.90 Å². The third kappa shape index (κ3) is 2.79. The van der Waals surface area contributed by atoms with E-state index in [4.69, 9.17) is 14.2 Å². The van der Waals surface area contributed by atoms with Crippen LogP contribution in [-0.2, 0) is 0 Å². The van der Waals surface area contributed by atoms with Crippen molar-refractivity contribution in [2.75, 3.05) is 46.5 Å². The molecule has 0 aromatic heterocycles. The van der Waals surface area contributed by atoms with Crippen LogP contribution in [0.5, 0.6) is 17.2 Å². The molecule has 1 amide bonds. The topological polar surface area (TPSA) is 60.0 Å². The number of carbonyl (C=O) groups is 1. The summed E-state index contributed by atoms with van der Waals surface area (Å²) >= 11 is 0. The number of carbonyl (C=O) groups excluding carboxylic acids is 1. The molecule has 2 fully saturated rings. The Morgan fingerprint density at radius 2 is 1.88 bits per heavy atom. The van der Waals surface area contributed by atoms with E-state index < -0.39 is 0 Å². The fraction of sp³-hybridized carbons (Fsp3) is 0.611. The fourth-order valence-corrected chi connectivity index (χ4v) is 4.00. The van der Waals surface area contributed by atoms with Gasteiger partial charge >= 0.3 is 0 Å². The third-order valence-corrected chi connectivity index (χ3v) is 5.38. The van der Waals surface area contributed by atoms with Gasteiger partial charge in [-0.05, 0) is 49.9 Å². The van der Waals surface area contributed by atoms with Gasteiger partial charge in [-0.15, -0.1) is 0 Å². The number of nitrogens with one attached hydrogen (secondary N) is 1. The highest BCUT2D eigenvalue weighted by atomic mass is 16.6. The number of hydrogen-bond donors (Lipinski definition) is 1. The molecular weight excluding hydrogens is 308 g/mol. The molecule has 4 rings (SSSR count). The molecule has 24 heavy (non-hydrogen) atoms. The van der Waals surface area contributed by atoms with Gasteiger partial charge in [0.2, 0.25) is 5.75 Å². The van der Waals surface area contributed by atoms with Crippen LogP contribution in [0.25, 0.3) is 0 Å². The summed E-state index contributed by atoms with van der Waals surface area (Å²) in [6, 6.07) is 3.55. The van der Waals surface area contributed by atoms with Gasteiger partial charge in [-0.3, -0.25) is 4.79 Å². The maximum absolute atomic E-state index is 13.0. The Morgan fingerprint density at radius 3 is 2.58 bits per heavy atom. The lowest BCUT2D eigenvalue weighted by atomic mass is 9.92. The zero-order valence-corrected chi connectivity index (χ0v) is 14.0. The number of nitrogens with zero attached hydrogens (tertiary/aromatic N) is 1. The van der Waals surface area contributed by atoms with Crippen LogP contribution >= 0.6 is 0 Å². The molecule has 3 heterocycles. The number of ether oxygens (including phenoxy) is 3. The third-order valence-electron chi connectivity index (χ3n) is 5.38. The standard InChI is InChI=1S/C18H24N2O4/c1-22-15-8-14(9-16-17(15)24-7-6-23-16)18(21)20-4-2-12-10-19-11-13(12)3-5-20/h8-9,12-13,19H,2-7,10-11H2,1H3/t12-,13+. The first-order valence-corrected chi connectivity index (χ1v) is 8.74. The van der Waals surface area contributed by atoms with Gasteiger partial charge in [-0.2, -0.15) is 0 Å². The van der Waals surface area contributed by atoms with Crippen molar-refractivity contribution >= 4 is 5.91 Å². The first kappa shape index (κ1) is 15.6. The van der Waals surface area contributed by atoms with Crippen molar-refractivity contribution in [2.45, 2.75) is 12.8 Å². The summed E-state index contributed by atoms with van der Waals surface area (Å²) < 4.78 is 16.7. The largest absolute Gasteiger partial charge is 0.493 e. The van der Waals surface area contributed by atoms with E-state index >= 15 is 0 Å². The Balaban J connectivity index is 1.55. The normalized spacial score (nSPS) is 25.8. The number of benzene rings is 1. The summed E-state index contributed by atoms with van der Waals surface area (Å²) in [5.41, 5.74) is 0.612. The molecule has 0 unspecified atom stereocenters. The van der Waals surface area contributed by atoms with Crippen LogP contribution in [0, 0.1) is 11.8 Å². The Kier molecular flexibility index (Phi) is 4.22. The van der Waals surface area contributed by atoms with E-state index in [0.29, 0.717) is 47.9 Å². The molecule has 2 atom stereocenters. The Morgan fingerprint density at radius 1 is 1.17 bits per heavy atom. The number of hydrogen-bond acceptors (Lipinski definition) is 5. The highest BCUT2D eigenvalue weighted by Gasteiger charge is 2.32. The molecule has 6 nitrogen and oxygen atoms in total. The van der Waals surface area contributed by atoms with Crippen molar-refractivity contribution in [3.8, 4) is 17.2 Å². The molecule has 1 aromatic carbocycles. The zero-order chi connectivity index (χ0) is 16.5. The van der Waals surface area contributed by atoms with Crippen molar-refractivity contribution in [1.29, 1.82) is 0 Å². The summed E-state index contributed by atoms with van der Waals surface area (Å²) in [5, 5.41) is 3.47. The van der Waals surface area contributed by atoms with Gasteiger partial charge in [-0.25, -0.2) is 0 Å². The smallest absolute Gasteiger partial charge is 0.254 e. The van der Waals surface area contributed by atoms with Crippen LogP contribution in [0.3, 0.4) is 0 Å². The molecule has 0 aliphatic carbocycles. The number of amides is 1. The second-order valence-corrected chi connectivity index (χ2v) is 6.75. The number of rotatable bonds is 2. The molecule has 0 bridgehead atoms. The molecule has 2 saturated heterocycles. The van der Waals surface area contributed by atoms with Crippen LogP contribution in [0.2, 0.25) is 0 Å². The van der Waals surface area contributed by atoms with Crippen molar-refractivity contribution < 1.29 is 19.0 Å². The highest BCUT2D eigenvalue weighted by molar-refractivity contribution is 5.95. The van der Waals surface area contributed by atoms with Gasteiger partial charge in [0.15, 0.2) is 11.5 Å². The maximum atomic E-state index is 13.0. The van der Waals surface area contributed by atoms with Crippen LogP contribution in [0.4, 0.5) is 0 Å². The molecule has 1 aromatic rings. The van der Waals surface area contributed by atoms with Gasteiger partial charge in [0.05, 0.1) is 7.11 Å². The second-order valence-electron chi connectivity index (χ2n) is 6.75. The molecule has 6 heteroatoms. The van der Waals surface area contributed by atoms with Crippen molar-refractivity contribution in [2.24, 2.45) is 11.8 Å². The average molecular weight is 332 g/mol. The van der Waals surface area contributed by atoms with Crippen molar-refractivity contribution in [3.63, 3.8) is 0 Å². The SMILES string of the molecule is COc1cc(C(=O)N2CC[C@@H]3CNC[C@@H]3CC2)cc2c1OCCO2. The van der Waals surface area contributed by atoms with Gasteiger partial charge in [0, 0.05) is 18.7 Å². The molecule has 0 spiro atoms. The Hall–Kier alpha value is -1.95. The minimum atomic E-state index is 0.0539. The van der Waals surface area contributed by atoms with Gasteiger partial charge in [0.25, 0.3) is 5.91 Å². The number of likely N-dealkylation sites (tertiary alicyclic amines) is 1. The van der Waals surface area contributed by atoms with E-state index in [0.717, 1.165) is 39.0 Å². The highest BCUT2D eigenvalue weighted by Crippen LogP contribution is 2.40. The molecule has 3 aliphatic rings. The lowest BCUT2D eigenvalue weighted by Crippen LogP contribution is -2.33. The quantitative estimate of drug-likeness (QED) is 0.890. The monoisotopic (exact) mass is 332 g/mol. The summed E-state index contributed by atoms with van der Waals surface area (Å²) in [6.45, 7) is 4.80. The first-order chi connectivity index (χ1) is 11.8. The van der Waals surface area contributed by atoms with E-state index in [1.54, 1.807) is 19.2 Å². The summed E-state index contributed by atoms with van der Waals surface area (Å²) in [4.78, 5) is 15.0. The van der Waals surface area contributed by atoms with E-state index in [9.17, 15) is 4.79 Å². The van der Waals surface area contributed by atoms with Gasteiger partial charge in [-0.1, -0.05) is 0 Å². The van der Waals surface area contributed by atoms with Gasteiger partial charge < -0.3 is 24.4 Å². The molecule has 3 aliphatic heterocycles. The molecular formula is C18H24N2O4. The van der Waals surface area contributed by atoms with Crippen LogP contribution in [0.15, 0.2) is 12.1 Å². The van der Waals surface area contributed by atoms with Gasteiger partial charge in [0.1, 0.15) is 13.2 Å². The zero-order valence-electron chi connectivity index (χ0n) is 14.0. The number of methoxy groups -OCH3 is 1. The first-order valence-electron chi connectivity index (χ1n) is 8.74. The van der Waals surface area contributed by atoms with E-state index in [2.05, 4.69) is 5.32 Å². The minimum Gasteiger partial charge on any atom is -0.493 e. The molecule has 0 saturated carbocycles. The lowest BCUT2D eigenvalue weighted by Gasteiger charge is -2.24. The van der Waals surface area contributed by atoms with E-state index in [-0.39, 0.29) is 5.91 Å². The fourth-order valence-electron chi connectivity index (χ4n) is 4.00. The molecule has 1 N–H and O–H groups in total. The van der Waals surface area contributed by atoms with Crippen LogP contribution in [0.1, 0.15) is 23.2 Å². The average Bonchev–Trinajstić information content (AvgIpc) is 2.98.